The fourth-order valence-electron chi connectivity index (χ4n) is 1.48. The Bertz CT molecular complexity index is 244. The van der Waals surface area contributed by atoms with Crippen molar-refractivity contribution in [2.45, 2.75) is 25.4 Å². The minimum Gasteiger partial charge on any atom is -0.299 e. The van der Waals surface area contributed by atoms with Crippen molar-refractivity contribution < 1.29 is 4.39 Å². The van der Waals surface area contributed by atoms with E-state index in [1.54, 1.807) is 6.07 Å². The van der Waals surface area contributed by atoms with Crippen molar-refractivity contribution in [2.75, 3.05) is 19.6 Å². The van der Waals surface area contributed by atoms with Crippen LogP contribution in [-0.4, -0.2) is 30.2 Å². The molecule has 1 atom stereocenters. The average Bonchev–Trinajstić information content (AvgIpc) is 2.45. The SMILES string of the molecule is C=C(C)CCN1CCC(F)(C#N)C1. The highest BCUT2D eigenvalue weighted by atomic mass is 19.1. The highest BCUT2D eigenvalue weighted by molar-refractivity contribution is 5.07. The smallest absolute Gasteiger partial charge is 0.209 e. The number of likely N-dealkylation sites (tertiary alicyclic amines) is 1. The van der Waals surface area contributed by atoms with Crippen LogP contribution >= 0.6 is 0 Å². The van der Waals surface area contributed by atoms with Gasteiger partial charge in [0.05, 0.1) is 0 Å². The second-order valence-electron chi connectivity index (χ2n) is 3.81. The van der Waals surface area contributed by atoms with Gasteiger partial charge in [0.2, 0.25) is 5.67 Å². The van der Waals surface area contributed by atoms with Crippen LogP contribution in [-0.2, 0) is 0 Å². The second kappa shape index (κ2) is 3.89. The van der Waals surface area contributed by atoms with Crippen LogP contribution in [0.5, 0.6) is 0 Å². The number of nitrogens with zero attached hydrogens (tertiary/aromatic N) is 2. The molecule has 0 aromatic rings. The zero-order valence-electron chi connectivity index (χ0n) is 8.02. The van der Waals surface area contributed by atoms with Gasteiger partial charge in [-0.05, 0) is 13.3 Å². The minimum absolute atomic E-state index is 0.261. The maximum Gasteiger partial charge on any atom is 0.209 e. The van der Waals surface area contributed by atoms with Gasteiger partial charge in [-0.2, -0.15) is 5.26 Å². The lowest BCUT2D eigenvalue weighted by Crippen LogP contribution is -2.28. The largest absolute Gasteiger partial charge is 0.299 e. The van der Waals surface area contributed by atoms with E-state index >= 15 is 0 Å². The molecule has 1 rings (SSSR count). The summed E-state index contributed by atoms with van der Waals surface area (Å²) in [5.41, 5.74) is -0.497. The predicted molar refractivity (Wildman–Crippen MR) is 49.9 cm³/mol. The van der Waals surface area contributed by atoms with Crippen molar-refractivity contribution in [3.05, 3.63) is 12.2 Å². The van der Waals surface area contributed by atoms with E-state index < -0.39 is 5.67 Å². The molecule has 1 unspecified atom stereocenters. The zero-order chi connectivity index (χ0) is 9.90. The molecule has 0 radical (unpaired) electrons. The summed E-state index contributed by atoms with van der Waals surface area (Å²) in [6, 6.07) is 1.73. The van der Waals surface area contributed by atoms with Gasteiger partial charge < -0.3 is 0 Å². The van der Waals surface area contributed by atoms with E-state index in [1.165, 1.54) is 0 Å². The first-order chi connectivity index (χ1) is 6.06. The molecule has 1 aliphatic rings. The van der Waals surface area contributed by atoms with E-state index in [0.717, 1.165) is 18.5 Å². The summed E-state index contributed by atoms with van der Waals surface area (Å²) in [4.78, 5) is 1.98. The Morgan fingerprint density at radius 2 is 2.46 bits per heavy atom. The van der Waals surface area contributed by atoms with Gasteiger partial charge in [-0.15, -0.1) is 6.58 Å². The Hall–Kier alpha value is -0.880. The molecular formula is C10H15FN2. The van der Waals surface area contributed by atoms with Gasteiger partial charge in [-0.25, -0.2) is 4.39 Å². The average molecular weight is 182 g/mol. The lowest BCUT2D eigenvalue weighted by atomic mass is 10.1. The van der Waals surface area contributed by atoms with E-state index in [-0.39, 0.29) is 6.54 Å². The summed E-state index contributed by atoms with van der Waals surface area (Å²) in [6.07, 6.45) is 1.24. The van der Waals surface area contributed by atoms with Crippen LogP contribution in [0.25, 0.3) is 0 Å². The first kappa shape index (κ1) is 10.2. The standard InChI is InChI=1S/C10H15FN2/c1-9(2)3-5-13-6-4-10(11,7-12)8-13/h1,3-6,8H2,2H3. The number of rotatable bonds is 3. The van der Waals surface area contributed by atoms with Gasteiger partial charge in [0.1, 0.15) is 6.07 Å². The van der Waals surface area contributed by atoms with Crippen molar-refractivity contribution >= 4 is 0 Å². The first-order valence-electron chi connectivity index (χ1n) is 4.53. The van der Waals surface area contributed by atoms with E-state index in [4.69, 9.17) is 5.26 Å². The lowest BCUT2D eigenvalue weighted by Gasteiger charge is -2.15. The molecular weight excluding hydrogens is 167 g/mol. The fraction of sp³-hybridized carbons (Fsp3) is 0.700. The number of nitriles is 1. The molecule has 13 heavy (non-hydrogen) atoms. The molecule has 0 amide bonds. The molecule has 3 heteroatoms. The Morgan fingerprint density at radius 3 is 2.92 bits per heavy atom. The van der Waals surface area contributed by atoms with Gasteiger partial charge in [-0.1, -0.05) is 5.57 Å². The van der Waals surface area contributed by atoms with Gasteiger partial charge in [-0.3, -0.25) is 4.90 Å². The van der Waals surface area contributed by atoms with Crippen molar-refractivity contribution in [2.24, 2.45) is 0 Å². The van der Waals surface area contributed by atoms with Crippen LogP contribution in [0.1, 0.15) is 19.8 Å². The lowest BCUT2D eigenvalue weighted by molar-refractivity contribution is 0.230. The molecule has 1 heterocycles. The highest BCUT2D eigenvalue weighted by Crippen LogP contribution is 2.24. The van der Waals surface area contributed by atoms with Gasteiger partial charge >= 0.3 is 0 Å². The van der Waals surface area contributed by atoms with Crippen LogP contribution < -0.4 is 0 Å². The van der Waals surface area contributed by atoms with E-state index in [0.29, 0.717) is 13.0 Å². The third-order valence-corrected chi connectivity index (χ3v) is 2.35. The quantitative estimate of drug-likeness (QED) is 0.623. The van der Waals surface area contributed by atoms with Crippen LogP contribution in [0.3, 0.4) is 0 Å². The summed E-state index contributed by atoms with van der Waals surface area (Å²) in [6.45, 7) is 7.52. The predicted octanol–water partition coefficient (Wildman–Crippen LogP) is 1.89. The van der Waals surface area contributed by atoms with Crippen LogP contribution in [0, 0.1) is 11.3 Å². The molecule has 1 saturated heterocycles. The Balaban J connectivity index is 2.34. The molecule has 0 aromatic heterocycles. The highest BCUT2D eigenvalue weighted by Gasteiger charge is 2.37. The van der Waals surface area contributed by atoms with Crippen molar-refractivity contribution in [3.8, 4) is 6.07 Å². The van der Waals surface area contributed by atoms with E-state index in [2.05, 4.69) is 6.58 Å². The first-order valence-corrected chi connectivity index (χ1v) is 4.53. The van der Waals surface area contributed by atoms with Crippen molar-refractivity contribution in [1.29, 1.82) is 5.26 Å². The molecule has 1 aliphatic heterocycles. The summed E-state index contributed by atoms with van der Waals surface area (Å²) in [5, 5.41) is 8.55. The normalized spacial score (nSPS) is 28.7. The van der Waals surface area contributed by atoms with Crippen LogP contribution in [0.15, 0.2) is 12.2 Å². The minimum atomic E-state index is -1.60. The summed E-state index contributed by atoms with van der Waals surface area (Å²) in [5.74, 6) is 0. The maximum absolute atomic E-state index is 13.4. The number of alkyl halides is 1. The second-order valence-corrected chi connectivity index (χ2v) is 3.81. The van der Waals surface area contributed by atoms with E-state index in [9.17, 15) is 4.39 Å². The van der Waals surface area contributed by atoms with Crippen molar-refractivity contribution in [3.63, 3.8) is 0 Å². The number of hydrogen-bond acceptors (Lipinski definition) is 2. The number of halogens is 1. The molecule has 1 fully saturated rings. The van der Waals surface area contributed by atoms with Gasteiger partial charge in [0.15, 0.2) is 0 Å². The Labute approximate surface area is 78.6 Å². The number of hydrogen-bond donors (Lipinski definition) is 0. The summed E-state index contributed by atoms with van der Waals surface area (Å²) in [7, 11) is 0. The third-order valence-electron chi connectivity index (χ3n) is 2.35. The zero-order valence-corrected chi connectivity index (χ0v) is 8.02. The topological polar surface area (TPSA) is 27.0 Å². The Kier molecular flexibility index (Phi) is 3.05. The molecule has 2 nitrogen and oxygen atoms in total. The molecule has 0 N–H and O–H groups in total. The van der Waals surface area contributed by atoms with Crippen LogP contribution in [0.2, 0.25) is 0 Å². The van der Waals surface area contributed by atoms with Gasteiger partial charge in [0.25, 0.3) is 0 Å². The molecule has 0 bridgehead atoms. The molecule has 72 valence electrons. The molecule has 0 saturated carbocycles. The molecule has 0 aromatic carbocycles. The summed E-state index contributed by atoms with van der Waals surface area (Å²) >= 11 is 0. The Morgan fingerprint density at radius 1 is 1.77 bits per heavy atom. The third kappa shape index (κ3) is 2.82. The monoisotopic (exact) mass is 182 g/mol. The van der Waals surface area contributed by atoms with E-state index in [1.807, 2.05) is 11.8 Å². The van der Waals surface area contributed by atoms with Gasteiger partial charge in [0, 0.05) is 26.1 Å². The maximum atomic E-state index is 13.4. The van der Waals surface area contributed by atoms with Crippen LogP contribution in [0.4, 0.5) is 4.39 Å². The fourth-order valence-corrected chi connectivity index (χ4v) is 1.48. The van der Waals surface area contributed by atoms with Crippen molar-refractivity contribution in [1.82, 2.24) is 4.90 Å². The summed E-state index contributed by atoms with van der Waals surface area (Å²) < 4.78 is 13.4. The molecule has 0 spiro atoms. The molecule has 0 aliphatic carbocycles.